The summed E-state index contributed by atoms with van der Waals surface area (Å²) in [6, 6.07) is 14.5. The van der Waals surface area contributed by atoms with E-state index in [0.29, 0.717) is 11.5 Å². The first kappa shape index (κ1) is 16.7. The third-order valence-electron chi connectivity index (χ3n) is 3.44. The number of benzene rings is 2. The Labute approximate surface area is 136 Å². The van der Waals surface area contributed by atoms with E-state index in [1.807, 2.05) is 38.1 Å². The molecule has 0 N–H and O–H groups in total. The van der Waals surface area contributed by atoms with Gasteiger partial charge in [-0.25, -0.2) is 0 Å². The highest BCUT2D eigenvalue weighted by Gasteiger charge is 2.16. The number of esters is 2. The maximum atomic E-state index is 11.9. The lowest BCUT2D eigenvalue weighted by molar-refractivity contribution is -0.144. The number of ether oxygens (including phenoxy) is 2. The first-order chi connectivity index (χ1) is 11.1. The highest BCUT2D eigenvalue weighted by atomic mass is 16.6. The molecule has 0 atom stereocenters. The zero-order valence-electron chi connectivity index (χ0n) is 13.4. The van der Waals surface area contributed by atoms with Crippen LogP contribution in [0.5, 0.6) is 11.5 Å². The smallest absolute Gasteiger partial charge is 0.322 e. The number of aryl methyl sites for hydroxylation is 2. The zero-order valence-corrected chi connectivity index (χ0v) is 13.4. The van der Waals surface area contributed by atoms with Crippen LogP contribution in [0.1, 0.15) is 31.4 Å². The molecule has 2 rings (SSSR count). The molecule has 0 saturated carbocycles. The monoisotopic (exact) mass is 312 g/mol. The molecule has 0 spiro atoms. The van der Waals surface area contributed by atoms with Gasteiger partial charge in [-0.2, -0.15) is 0 Å². The lowest BCUT2D eigenvalue weighted by atomic mass is 10.1. The van der Waals surface area contributed by atoms with E-state index in [-0.39, 0.29) is 0 Å². The summed E-state index contributed by atoms with van der Waals surface area (Å²) < 4.78 is 10.5. The molecular formula is C19H20O4. The molecule has 0 fully saturated rings. The average molecular weight is 312 g/mol. The minimum absolute atomic E-state index is 0.421. The van der Waals surface area contributed by atoms with E-state index in [4.69, 9.17) is 9.47 Å². The van der Waals surface area contributed by atoms with Crippen molar-refractivity contribution < 1.29 is 19.1 Å². The summed E-state index contributed by atoms with van der Waals surface area (Å²) in [5.74, 6) is -0.265. The third-order valence-corrected chi connectivity index (χ3v) is 3.44. The van der Waals surface area contributed by atoms with Crippen LogP contribution < -0.4 is 9.47 Å². The van der Waals surface area contributed by atoms with E-state index < -0.39 is 18.4 Å². The Morgan fingerprint density at radius 3 is 1.52 bits per heavy atom. The SMILES string of the molecule is CCc1ccccc1OC(=O)CC(=O)Oc1ccccc1CC. The van der Waals surface area contributed by atoms with Crippen molar-refractivity contribution in [1.29, 1.82) is 0 Å². The maximum absolute atomic E-state index is 11.9. The van der Waals surface area contributed by atoms with Gasteiger partial charge in [0.2, 0.25) is 0 Å². The van der Waals surface area contributed by atoms with E-state index in [1.54, 1.807) is 24.3 Å². The molecule has 0 aromatic heterocycles. The molecule has 0 heterocycles. The maximum Gasteiger partial charge on any atom is 0.322 e. The van der Waals surface area contributed by atoms with Gasteiger partial charge in [0.1, 0.15) is 17.9 Å². The van der Waals surface area contributed by atoms with Crippen molar-refractivity contribution in [2.75, 3.05) is 0 Å². The van der Waals surface area contributed by atoms with E-state index in [0.717, 1.165) is 24.0 Å². The quantitative estimate of drug-likeness (QED) is 0.463. The first-order valence-electron chi connectivity index (χ1n) is 7.71. The molecule has 2 aromatic carbocycles. The van der Waals surface area contributed by atoms with Crippen LogP contribution in [0.3, 0.4) is 0 Å². The number of hydrogen-bond donors (Lipinski definition) is 0. The Balaban J connectivity index is 1.96. The van der Waals surface area contributed by atoms with E-state index in [2.05, 4.69) is 0 Å². The van der Waals surface area contributed by atoms with Crippen LogP contribution in [0.2, 0.25) is 0 Å². The van der Waals surface area contributed by atoms with Crippen LogP contribution >= 0.6 is 0 Å². The first-order valence-corrected chi connectivity index (χ1v) is 7.71. The summed E-state index contributed by atoms with van der Waals surface area (Å²) in [5, 5.41) is 0. The lowest BCUT2D eigenvalue weighted by Gasteiger charge is -2.10. The van der Waals surface area contributed by atoms with Gasteiger partial charge in [0.25, 0.3) is 0 Å². The summed E-state index contributed by atoms with van der Waals surface area (Å²) in [7, 11) is 0. The van der Waals surface area contributed by atoms with Gasteiger partial charge in [0.05, 0.1) is 0 Å². The topological polar surface area (TPSA) is 52.6 Å². The third kappa shape index (κ3) is 4.68. The highest BCUT2D eigenvalue weighted by Crippen LogP contribution is 2.20. The van der Waals surface area contributed by atoms with Gasteiger partial charge in [-0.15, -0.1) is 0 Å². The molecule has 0 radical (unpaired) electrons. The van der Waals surface area contributed by atoms with Gasteiger partial charge in [0.15, 0.2) is 0 Å². The van der Waals surface area contributed by atoms with E-state index in [9.17, 15) is 9.59 Å². The Kier molecular flexibility index (Phi) is 5.92. The number of carbonyl (C=O) groups excluding carboxylic acids is 2. The normalized spacial score (nSPS) is 10.2. The second-order valence-corrected chi connectivity index (χ2v) is 5.05. The molecule has 120 valence electrons. The van der Waals surface area contributed by atoms with Crippen molar-refractivity contribution in [1.82, 2.24) is 0 Å². The molecule has 0 bridgehead atoms. The van der Waals surface area contributed by atoms with Crippen molar-refractivity contribution in [3.05, 3.63) is 59.7 Å². The molecule has 0 unspecified atom stereocenters. The minimum Gasteiger partial charge on any atom is -0.426 e. The second-order valence-electron chi connectivity index (χ2n) is 5.05. The number of rotatable bonds is 6. The van der Waals surface area contributed by atoms with Gasteiger partial charge in [0, 0.05) is 0 Å². The van der Waals surface area contributed by atoms with Crippen LogP contribution in [0.25, 0.3) is 0 Å². The predicted molar refractivity (Wildman–Crippen MR) is 87.5 cm³/mol. The van der Waals surface area contributed by atoms with Crippen LogP contribution in [-0.4, -0.2) is 11.9 Å². The van der Waals surface area contributed by atoms with Crippen molar-refractivity contribution in [2.45, 2.75) is 33.1 Å². The molecule has 0 saturated heterocycles. The van der Waals surface area contributed by atoms with Crippen molar-refractivity contribution >= 4 is 11.9 Å². The molecular weight excluding hydrogens is 292 g/mol. The molecule has 0 aliphatic rings. The number of hydrogen-bond acceptors (Lipinski definition) is 4. The largest absolute Gasteiger partial charge is 0.426 e. The van der Waals surface area contributed by atoms with Crippen molar-refractivity contribution in [2.24, 2.45) is 0 Å². The zero-order chi connectivity index (χ0) is 16.7. The minimum atomic E-state index is -0.620. The molecule has 0 aliphatic heterocycles. The standard InChI is InChI=1S/C19H20O4/c1-3-14-9-5-7-11-16(14)22-18(20)13-19(21)23-17-12-8-6-10-15(17)4-2/h5-12H,3-4,13H2,1-2H3. The predicted octanol–water partition coefficient (Wildman–Crippen LogP) is 3.71. The molecule has 4 heteroatoms. The van der Waals surface area contributed by atoms with Gasteiger partial charge in [-0.05, 0) is 36.1 Å². The van der Waals surface area contributed by atoms with Crippen LogP contribution in [-0.2, 0) is 22.4 Å². The average Bonchev–Trinajstić information content (AvgIpc) is 2.55. The van der Waals surface area contributed by atoms with Gasteiger partial charge < -0.3 is 9.47 Å². The fourth-order valence-corrected chi connectivity index (χ4v) is 2.23. The second kappa shape index (κ2) is 8.13. The van der Waals surface area contributed by atoms with Gasteiger partial charge in [-0.1, -0.05) is 50.2 Å². The Hall–Kier alpha value is -2.62. The lowest BCUT2D eigenvalue weighted by Crippen LogP contribution is -2.19. The van der Waals surface area contributed by atoms with Crippen molar-refractivity contribution in [3.8, 4) is 11.5 Å². The van der Waals surface area contributed by atoms with E-state index >= 15 is 0 Å². The fourth-order valence-electron chi connectivity index (χ4n) is 2.23. The molecule has 0 aliphatic carbocycles. The summed E-state index contributed by atoms with van der Waals surface area (Å²) >= 11 is 0. The molecule has 4 nitrogen and oxygen atoms in total. The summed E-state index contributed by atoms with van der Waals surface area (Å²) in [5.41, 5.74) is 1.84. The van der Waals surface area contributed by atoms with E-state index in [1.165, 1.54) is 0 Å². The Morgan fingerprint density at radius 2 is 1.13 bits per heavy atom. The van der Waals surface area contributed by atoms with Crippen LogP contribution in [0, 0.1) is 0 Å². The van der Waals surface area contributed by atoms with Gasteiger partial charge >= 0.3 is 11.9 Å². The van der Waals surface area contributed by atoms with Gasteiger partial charge in [-0.3, -0.25) is 9.59 Å². The van der Waals surface area contributed by atoms with Crippen LogP contribution in [0.15, 0.2) is 48.5 Å². The molecule has 2 aromatic rings. The number of carbonyl (C=O) groups is 2. The fraction of sp³-hybridized carbons (Fsp3) is 0.263. The highest BCUT2D eigenvalue weighted by molar-refractivity contribution is 5.93. The summed E-state index contributed by atoms with van der Waals surface area (Å²) in [6.07, 6.45) is 1.08. The Morgan fingerprint density at radius 1 is 0.739 bits per heavy atom. The van der Waals surface area contributed by atoms with Crippen molar-refractivity contribution in [3.63, 3.8) is 0 Å². The molecule has 23 heavy (non-hydrogen) atoms. The summed E-state index contributed by atoms with van der Waals surface area (Å²) in [6.45, 7) is 3.95. The number of para-hydroxylation sites is 2. The molecule has 0 amide bonds. The Bertz CT molecular complexity index is 632. The summed E-state index contributed by atoms with van der Waals surface area (Å²) in [4.78, 5) is 23.8. The van der Waals surface area contributed by atoms with Crippen LogP contribution in [0.4, 0.5) is 0 Å².